The first-order valence-electron chi connectivity index (χ1n) is 9.64. The number of carbonyl (C=O) groups is 1. The van der Waals surface area contributed by atoms with Gasteiger partial charge in [0, 0.05) is 17.5 Å². The van der Waals surface area contributed by atoms with Crippen molar-refractivity contribution in [1.29, 1.82) is 0 Å². The largest absolute Gasteiger partial charge is 0.459 e. The molecule has 5 rings (SSSR count). The maximum atomic E-state index is 12.4. The number of para-hydroxylation sites is 1. The number of hydrogen-bond acceptors (Lipinski definition) is 5. The Morgan fingerprint density at radius 3 is 2.70 bits per heavy atom. The summed E-state index contributed by atoms with van der Waals surface area (Å²) >= 11 is 1.30. The summed E-state index contributed by atoms with van der Waals surface area (Å²) in [6, 6.07) is 19.4. The number of nitrogens with zero attached hydrogens (tertiary/aromatic N) is 1. The minimum absolute atomic E-state index is 0.428. The van der Waals surface area contributed by atoms with Crippen LogP contribution in [0.4, 0.5) is 0 Å². The number of thiophene rings is 1. The minimum Gasteiger partial charge on any atom is -0.459 e. The molecule has 0 bridgehead atoms. The number of ether oxygens (including phenoxy) is 1. The van der Waals surface area contributed by atoms with Crippen molar-refractivity contribution in [3.8, 4) is 16.9 Å². The van der Waals surface area contributed by atoms with Gasteiger partial charge in [0.05, 0.1) is 10.6 Å². The zero-order valence-electron chi connectivity index (χ0n) is 16.0. The topological polar surface area (TPSA) is 70.9 Å². The Hall–Kier alpha value is -3.48. The van der Waals surface area contributed by atoms with Crippen molar-refractivity contribution in [2.75, 3.05) is 0 Å². The van der Waals surface area contributed by atoms with Gasteiger partial charge >= 0.3 is 0 Å². The van der Waals surface area contributed by atoms with E-state index in [2.05, 4.69) is 6.08 Å². The Morgan fingerprint density at radius 1 is 1.07 bits per heavy atom. The minimum atomic E-state index is -0.540. The number of allylic oxidation sites excluding steroid dienone is 3. The van der Waals surface area contributed by atoms with E-state index >= 15 is 0 Å². The van der Waals surface area contributed by atoms with E-state index in [-0.39, 0.29) is 0 Å². The highest BCUT2D eigenvalue weighted by Crippen LogP contribution is 2.37. The highest BCUT2D eigenvalue weighted by atomic mass is 32.1. The highest BCUT2D eigenvalue weighted by Gasteiger charge is 2.25. The van der Waals surface area contributed by atoms with E-state index in [1.165, 1.54) is 11.3 Å². The summed E-state index contributed by atoms with van der Waals surface area (Å²) in [5, 5.41) is 9.28. The van der Waals surface area contributed by atoms with Gasteiger partial charge in [-0.05, 0) is 36.3 Å². The van der Waals surface area contributed by atoms with Crippen molar-refractivity contribution in [1.82, 2.24) is 5.48 Å². The summed E-state index contributed by atoms with van der Waals surface area (Å²) in [7, 11) is 0. The number of aliphatic imine (C=N–C) groups is 1. The molecule has 1 aliphatic heterocycles. The molecule has 2 N–H and O–H groups in total. The molecule has 6 heteroatoms. The van der Waals surface area contributed by atoms with E-state index in [1.807, 2.05) is 66.7 Å². The first-order valence-corrected chi connectivity index (χ1v) is 10.5. The number of nitrogens with one attached hydrogen (secondary N) is 1. The SMILES string of the molecule is O=C(NO)c1sc(C2=NC3=C(CCC=C3)Oc3ccccc32)cc1-c1ccccc1. The van der Waals surface area contributed by atoms with E-state index in [1.54, 1.807) is 5.48 Å². The van der Waals surface area contributed by atoms with Crippen LogP contribution in [0.1, 0.15) is 33.0 Å². The normalized spacial score (nSPS) is 14.9. The maximum Gasteiger partial charge on any atom is 0.285 e. The second kappa shape index (κ2) is 7.74. The predicted octanol–water partition coefficient (Wildman–Crippen LogP) is 5.33. The molecule has 0 unspecified atom stereocenters. The van der Waals surface area contributed by atoms with Crippen molar-refractivity contribution >= 4 is 23.0 Å². The van der Waals surface area contributed by atoms with Crippen LogP contribution in [0.25, 0.3) is 11.1 Å². The van der Waals surface area contributed by atoms with Gasteiger partial charge in [0.1, 0.15) is 22.1 Å². The molecule has 0 saturated heterocycles. The molecular weight excluding hydrogens is 396 g/mol. The van der Waals surface area contributed by atoms with Crippen LogP contribution in [-0.4, -0.2) is 16.8 Å². The van der Waals surface area contributed by atoms with Crippen LogP contribution >= 0.6 is 11.3 Å². The van der Waals surface area contributed by atoms with E-state index < -0.39 is 5.91 Å². The molecule has 1 aromatic heterocycles. The van der Waals surface area contributed by atoms with E-state index in [9.17, 15) is 10.0 Å². The second-order valence-corrected chi connectivity index (χ2v) is 8.02. The molecule has 1 amide bonds. The molecular formula is C24H18N2O3S. The van der Waals surface area contributed by atoms with E-state index in [0.717, 1.165) is 57.3 Å². The fourth-order valence-corrected chi connectivity index (χ4v) is 4.72. The average molecular weight is 414 g/mol. The molecule has 0 radical (unpaired) electrons. The summed E-state index contributed by atoms with van der Waals surface area (Å²) in [5.74, 6) is 1.06. The Balaban J connectivity index is 1.72. The van der Waals surface area contributed by atoms with Crippen LogP contribution in [0.5, 0.6) is 5.75 Å². The third-order valence-corrected chi connectivity index (χ3v) is 6.21. The van der Waals surface area contributed by atoms with Crippen LogP contribution in [0.2, 0.25) is 0 Å². The quantitative estimate of drug-likeness (QED) is 0.450. The Morgan fingerprint density at radius 2 is 1.87 bits per heavy atom. The lowest BCUT2D eigenvalue weighted by Crippen LogP contribution is -2.17. The van der Waals surface area contributed by atoms with Crippen molar-refractivity contribution in [3.05, 3.63) is 99.6 Å². The van der Waals surface area contributed by atoms with Crippen LogP contribution in [0, 0.1) is 0 Å². The van der Waals surface area contributed by atoms with Crippen molar-refractivity contribution in [3.63, 3.8) is 0 Å². The fraction of sp³-hybridized carbons (Fsp3) is 0.0833. The first kappa shape index (κ1) is 18.5. The smallest absolute Gasteiger partial charge is 0.285 e. The predicted molar refractivity (Wildman–Crippen MR) is 117 cm³/mol. The average Bonchev–Trinajstić information content (AvgIpc) is 3.17. The second-order valence-electron chi connectivity index (χ2n) is 6.97. The molecule has 0 atom stereocenters. The van der Waals surface area contributed by atoms with E-state index in [4.69, 9.17) is 9.73 Å². The molecule has 30 heavy (non-hydrogen) atoms. The summed E-state index contributed by atoms with van der Waals surface area (Å²) in [6.45, 7) is 0. The summed E-state index contributed by atoms with van der Waals surface area (Å²) in [6.07, 6.45) is 5.80. The molecule has 2 aliphatic rings. The number of fused-ring (bicyclic) bond motifs is 1. The maximum absolute atomic E-state index is 12.4. The molecule has 0 saturated carbocycles. The lowest BCUT2D eigenvalue weighted by atomic mass is 10.0. The first-order chi connectivity index (χ1) is 14.7. The molecule has 0 fully saturated rings. The number of benzene rings is 2. The Kier molecular flexibility index (Phi) is 4.78. The molecule has 2 heterocycles. The standard InChI is InChI=1S/C24H18N2O3S/c27-24(26-28)23-17(15-8-2-1-3-9-15)14-21(30-23)22-16-10-4-6-12-19(16)29-20-13-7-5-11-18(20)25-22/h1-6,8-12,14,28H,7,13H2,(H,26,27). The molecule has 3 aromatic rings. The number of hydrogen-bond donors (Lipinski definition) is 2. The van der Waals surface area contributed by atoms with Gasteiger partial charge in [0.2, 0.25) is 0 Å². The highest BCUT2D eigenvalue weighted by molar-refractivity contribution is 7.16. The van der Waals surface area contributed by atoms with Gasteiger partial charge in [0.15, 0.2) is 0 Å². The zero-order chi connectivity index (χ0) is 20.5. The number of amides is 1. The van der Waals surface area contributed by atoms with Crippen molar-refractivity contribution < 1.29 is 14.7 Å². The van der Waals surface area contributed by atoms with Crippen molar-refractivity contribution in [2.45, 2.75) is 12.8 Å². The monoisotopic (exact) mass is 414 g/mol. The summed E-state index contributed by atoms with van der Waals surface area (Å²) in [5.41, 5.74) is 5.84. The van der Waals surface area contributed by atoms with Crippen LogP contribution in [0.3, 0.4) is 0 Å². The third kappa shape index (κ3) is 3.26. The molecule has 0 spiro atoms. The number of carbonyl (C=O) groups excluding carboxylic acids is 1. The Labute approximate surface area is 177 Å². The van der Waals surface area contributed by atoms with Crippen LogP contribution in [-0.2, 0) is 0 Å². The molecule has 1 aliphatic carbocycles. The van der Waals surface area contributed by atoms with E-state index in [0.29, 0.717) is 4.88 Å². The lowest BCUT2D eigenvalue weighted by Gasteiger charge is -2.13. The fourth-order valence-electron chi connectivity index (χ4n) is 3.65. The summed E-state index contributed by atoms with van der Waals surface area (Å²) < 4.78 is 6.20. The van der Waals surface area contributed by atoms with Crippen LogP contribution < -0.4 is 10.2 Å². The van der Waals surface area contributed by atoms with Gasteiger partial charge in [-0.25, -0.2) is 10.5 Å². The van der Waals surface area contributed by atoms with Gasteiger partial charge in [-0.2, -0.15) is 0 Å². The molecule has 2 aromatic carbocycles. The van der Waals surface area contributed by atoms with Crippen LogP contribution in [0.15, 0.2) is 89.3 Å². The van der Waals surface area contributed by atoms with Gasteiger partial charge in [-0.1, -0.05) is 48.5 Å². The molecule has 148 valence electrons. The van der Waals surface area contributed by atoms with Gasteiger partial charge in [-0.3, -0.25) is 10.0 Å². The summed E-state index contributed by atoms with van der Waals surface area (Å²) in [4.78, 5) is 18.6. The number of hydroxylamine groups is 1. The third-order valence-electron chi connectivity index (χ3n) is 5.07. The van der Waals surface area contributed by atoms with Gasteiger partial charge < -0.3 is 4.74 Å². The van der Waals surface area contributed by atoms with Gasteiger partial charge in [0.25, 0.3) is 5.91 Å². The zero-order valence-corrected chi connectivity index (χ0v) is 16.8. The molecule has 5 nitrogen and oxygen atoms in total. The van der Waals surface area contributed by atoms with Gasteiger partial charge in [-0.15, -0.1) is 11.3 Å². The Bertz CT molecular complexity index is 1220. The lowest BCUT2D eigenvalue weighted by molar-refractivity contribution is 0.0711. The van der Waals surface area contributed by atoms with Crippen molar-refractivity contribution in [2.24, 2.45) is 4.99 Å². The number of rotatable bonds is 3.